The van der Waals surface area contributed by atoms with Crippen LogP contribution in [0.1, 0.15) is 4.88 Å². The molecule has 0 unspecified atom stereocenters. The largest absolute Gasteiger partial charge is 0.323 e. The molecule has 0 aliphatic heterocycles. The molecule has 2 heterocycles. The van der Waals surface area contributed by atoms with Crippen LogP contribution in [0.2, 0.25) is 0 Å². The number of carbonyl (C=O) groups excluding carboxylic acids is 2. The van der Waals surface area contributed by atoms with Gasteiger partial charge in [0.25, 0.3) is 0 Å². The fraction of sp³-hybridized carbons (Fsp3) is 0.125. The number of benzene rings is 1. The first-order valence-electron chi connectivity index (χ1n) is 7.43. The molecule has 0 aliphatic rings. The lowest BCUT2D eigenvalue weighted by Gasteiger charge is -2.04. The fourth-order valence-corrected chi connectivity index (χ4v) is 4.20. The Morgan fingerprint density at radius 2 is 1.92 bits per heavy atom. The summed E-state index contributed by atoms with van der Waals surface area (Å²) in [7, 11) is 0. The van der Waals surface area contributed by atoms with E-state index in [2.05, 4.69) is 20.8 Å². The normalized spacial score (nSPS) is 10.5. The van der Waals surface area contributed by atoms with Gasteiger partial charge in [0.1, 0.15) is 5.82 Å². The van der Waals surface area contributed by atoms with Crippen molar-refractivity contribution >= 4 is 57.1 Å². The van der Waals surface area contributed by atoms with Crippen molar-refractivity contribution in [3.05, 3.63) is 52.5 Å². The maximum atomic E-state index is 13.5. The van der Waals surface area contributed by atoms with Gasteiger partial charge in [0.2, 0.25) is 16.9 Å². The minimum atomic E-state index is -0.488. The highest BCUT2D eigenvalue weighted by Crippen LogP contribution is 2.26. The lowest BCUT2D eigenvalue weighted by atomic mass is 10.3. The van der Waals surface area contributed by atoms with Crippen molar-refractivity contribution in [3.63, 3.8) is 0 Å². The number of hydrogen-bond acceptors (Lipinski definition) is 7. The Kier molecular flexibility index (Phi) is 6.31. The monoisotopic (exact) mass is 408 g/mol. The Hall–Kier alpha value is -2.30. The molecule has 0 radical (unpaired) electrons. The van der Waals surface area contributed by atoms with E-state index in [9.17, 15) is 14.0 Å². The third-order valence-corrected chi connectivity index (χ3v) is 5.89. The molecule has 134 valence electrons. The molecular formula is C16H13FN4O2S3. The second-order valence-electron chi connectivity index (χ2n) is 4.99. The van der Waals surface area contributed by atoms with Crippen LogP contribution in [0.25, 0.3) is 0 Å². The molecular weight excluding hydrogens is 395 g/mol. The third-order valence-electron chi connectivity index (χ3n) is 3.04. The number of halogens is 1. The zero-order chi connectivity index (χ0) is 18.4. The number of aromatic nitrogens is 2. The van der Waals surface area contributed by atoms with E-state index >= 15 is 0 Å². The van der Waals surface area contributed by atoms with Gasteiger partial charge in [0, 0.05) is 4.88 Å². The standard InChI is InChI=1S/C16H13FN4O2S3/c17-11-5-1-2-6-12(11)18-14(23)9-25-16-21-20-15(26-16)19-13(22)8-10-4-3-7-24-10/h1-7H,8-9H2,(H,18,23)(H,19,20,22). The smallest absolute Gasteiger partial charge is 0.234 e. The van der Waals surface area contributed by atoms with Gasteiger partial charge < -0.3 is 10.6 Å². The minimum Gasteiger partial charge on any atom is -0.323 e. The highest BCUT2D eigenvalue weighted by molar-refractivity contribution is 8.01. The molecule has 1 aromatic carbocycles. The van der Waals surface area contributed by atoms with Crippen molar-refractivity contribution in [3.8, 4) is 0 Å². The summed E-state index contributed by atoms with van der Waals surface area (Å²) in [5.74, 6) is -0.944. The van der Waals surface area contributed by atoms with Crippen LogP contribution >= 0.6 is 34.4 Å². The second kappa shape index (κ2) is 8.88. The van der Waals surface area contributed by atoms with Gasteiger partial charge in [-0.15, -0.1) is 21.5 Å². The molecule has 0 saturated carbocycles. The summed E-state index contributed by atoms with van der Waals surface area (Å²) in [4.78, 5) is 24.8. The number of para-hydroxylation sites is 1. The second-order valence-corrected chi connectivity index (χ2v) is 8.23. The van der Waals surface area contributed by atoms with Gasteiger partial charge in [-0.1, -0.05) is 41.3 Å². The molecule has 0 atom stereocenters. The van der Waals surface area contributed by atoms with E-state index in [0.29, 0.717) is 9.47 Å². The highest BCUT2D eigenvalue weighted by Gasteiger charge is 2.12. The summed E-state index contributed by atoms with van der Waals surface area (Å²) >= 11 is 3.86. The molecule has 0 aliphatic carbocycles. The summed E-state index contributed by atoms with van der Waals surface area (Å²) in [6.45, 7) is 0. The molecule has 2 N–H and O–H groups in total. The molecule has 3 aromatic rings. The Balaban J connectivity index is 1.46. The van der Waals surface area contributed by atoms with Crippen molar-refractivity contribution in [2.45, 2.75) is 10.8 Å². The predicted octanol–water partition coefficient (Wildman–Crippen LogP) is 3.65. The van der Waals surface area contributed by atoms with E-state index in [1.807, 2.05) is 17.5 Å². The number of carbonyl (C=O) groups is 2. The highest BCUT2D eigenvalue weighted by atomic mass is 32.2. The average Bonchev–Trinajstić information content (AvgIpc) is 3.27. The number of amides is 2. The molecule has 2 aromatic heterocycles. The number of rotatable bonds is 7. The van der Waals surface area contributed by atoms with Crippen LogP contribution in [-0.4, -0.2) is 27.8 Å². The average molecular weight is 409 g/mol. The first kappa shape index (κ1) is 18.5. The van der Waals surface area contributed by atoms with Gasteiger partial charge in [0.05, 0.1) is 17.9 Å². The van der Waals surface area contributed by atoms with Crippen molar-refractivity contribution in [2.24, 2.45) is 0 Å². The lowest BCUT2D eigenvalue weighted by Crippen LogP contribution is -2.14. The Morgan fingerprint density at radius 3 is 2.69 bits per heavy atom. The van der Waals surface area contributed by atoms with Crippen LogP contribution in [0, 0.1) is 5.82 Å². The molecule has 26 heavy (non-hydrogen) atoms. The van der Waals surface area contributed by atoms with Crippen LogP contribution in [0.15, 0.2) is 46.1 Å². The molecule has 0 fully saturated rings. The third kappa shape index (κ3) is 5.35. The fourth-order valence-electron chi connectivity index (χ4n) is 1.93. The molecule has 3 rings (SSSR count). The van der Waals surface area contributed by atoms with E-state index < -0.39 is 5.82 Å². The van der Waals surface area contributed by atoms with E-state index in [1.54, 1.807) is 12.1 Å². The van der Waals surface area contributed by atoms with Crippen molar-refractivity contribution in [1.29, 1.82) is 0 Å². The van der Waals surface area contributed by atoms with Crippen LogP contribution in [0.3, 0.4) is 0 Å². The van der Waals surface area contributed by atoms with Gasteiger partial charge in [-0.05, 0) is 23.6 Å². The predicted molar refractivity (Wildman–Crippen MR) is 102 cm³/mol. The number of nitrogens with one attached hydrogen (secondary N) is 2. The van der Waals surface area contributed by atoms with Crippen LogP contribution < -0.4 is 10.6 Å². The summed E-state index contributed by atoms with van der Waals surface area (Å²) in [6.07, 6.45) is 0.283. The van der Waals surface area contributed by atoms with Gasteiger partial charge in [-0.25, -0.2) is 4.39 Å². The SMILES string of the molecule is O=C(Cc1cccs1)Nc1nnc(SCC(=O)Nc2ccccc2F)s1. The van der Waals surface area contributed by atoms with E-state index in [4.69, 9.17) is 0 Å². The first-order chi connectivity index (χ1) is 12.6. The number of thiophene rings is 1. The number of anilines is 2. The Morgan fingerprint density at radius 1 is 1.08 bits per heavy atom. The summed E-state index contributed by atoms with van der Waals surface area (Å²) < 4.78 is 14.0. The van der Waals surface area contributed by atoms with Gasteiger partial charge in [0.15, 0.2) is 4.34 Å². The van der Waals surface area contributed by atoms with E-state index in [1.165, 1.54) is 46.6 Å². The summed E-state index contributed by atoms with van der Waals surface area (Å²) in [5, 5.41) is 15.3. The quantitative estimate of drug-likeness (QED) is 0.461. The van der Waals surface area contributed by atoms with Crippen LogP contribution in [-0.2, 0) is 16.0 Å². The lowest BCUT2D eigenvalue weighted by molar-refractivity contribution is -0.115. The van der Waals surface area contributed by atoms with Crippen molar-refractivity contribution < 1.29 is 14.0 Å². The van der Waals surface area contributed by atoms with Crippen LogP contribution in [0.4, 0.5) is 15.2 Å². The topological polar surface area (TPSA) is 84.0 Å². The molecule has 0 saturated heterocycles. The maximum absolute atomic E-state index is 13.5. The minimum absolute atomic E-state index is 0.0616. The zero-order valence-corrected chi connectivity index (χ0v) is 15.7. The summed E-state index contributed by atoms with van der Waals surface area (Å²) in [6, 6.07) is 9.73. The molecule has 0 spiro atoms. The van der Waals surface area contributed by atoms with E-state index in [0.717, 1.165) is 4.88 Å². The molecule has 6 nitrogen and oxygen atoms in total. The van der Waals surface area contributed by atoms with Crippen LogP contribution in [0.5, 0.6) is 0 Å². The van der Waals surface area contributed by atoms with Gasteiger partial charge >= 0.3 is 0 Å². The van der Waals surface area contributed by atoms with E-state index in [-0.39, 0.29) is 29.7 Å². The van der Waals surface area contributed by atoms with Crippen molar-refractivity contribution in [2.75, 3.05) is 16.4 Å². The zero-order valence-electron chi connectivity index (χ0n) is 13.3. The number of hydrogen-bond donors (Lipinski definition) is 2. The first-order valence-corrected chi connectivity index (χ1v) is 10.1. The van der Waals surface area contributed by atoms with Gasteiger partial charge in [-0.3, -0.25) is 9.59 Å². The summed E-state index contributed by atoms with van der Waals surface area (Å²) in [5.41, 5.74) is 0.136. The Bertz CT molecular complexity index is 899. The van der Waals surface area contributed by atoms with Gasteiger partial charge in [-0.2, -0.15) is 0 Å². The molecule has 10 heteroatoms. The maximum Gasteiger partial charge on any atom is 0.234 e. The van der Waals surface area contributed by atoms with Crippen molar-refractivity contribution in [1.82, 2.24) is 10.2 Å². The Labute approximate surface area is 160 Å². The molecule has 2 amide bonds. The number of nitrogens with zero attached hydrogens (tertiary/aromatic N) is 2. The molecule has 0 bridgehead atoms. The number of thioether (sulfide) groups is 1.